The molecule has 5 aromatic rings. The molecule has 2 heterocycles. The van der Waals surface area contributed by atoms with Gasteiger partial charge < -0.3 is 0 Å². The van der Waals surface area contributed by atoms with Gasteiger partial charge in [-0.15, -0.1) is 0 Å². The van der Waals surface area contributed by atoms with Gasteiger partial charge in [-0.3, -0.25) is 0 Å². The van der Waals surface area contributed by atoms with Crippen LogP contribution < -0.4 is 0 Å². The summed E-state index contributed by atoms with van der Waals surface area (Å²) in [5.41, 5.74) is 9.98. The zero-order valence-corrected chi connectivity index (χ0v) is 24.2. The maximum absolute atomic E-state index is 5.43. The van der Waals surface area contributed by atoms with E-state index in [1.54, 1.807) is 0 Å². The van der Waals surface area contributed by atoms with Crippen LogP contribution in [-0.2, 0) is 0 Å². The van der Waals surface area contributed by atoms with E-state index in [2.05, 4.69) is 145 Å². The Kier molecular flexibility index (Phi) is 6.17. The van der Waals surface area contributed by atoms with E-state index in [4.69, 9.17) is 10.2 Å². The summed E-state index contributed by atoms with van der Waals surface area (Å²) in [7, 11) is 0. The summed E-state index contributed by atoms with van der Waals surface area (Å²) < 4.78 is 3.58. The molecule has 0 saturated carbocycles. The Morgan fingerprint density at radius 2 is 1.02 bits per heavy atom. The van der Waals surface area contributed by atoms with E-state index in [1.807, 2.05) is 23.5 Å². The first kappa shape index (κ1) is 25.0. The molecule has 0 N–H and O–H groups in total. The monoisotopic (exact) mass is 556 g/mol. The van der Waals surface area contributed by atoms with Crippen LogP contribution in [0, 0.1) is 20.8 Å². The number of para-hydroxylation sites is 2. The lowest BCUT2D eigenvalue weighted by Crippen LogP contribution is -2.43. The number of thioether (sulfide) groups is 2. The molecule has 0 unspecified atom stereocenters. The van der Waals surface area contributed by atoms with E-state index in [9.17, 15) is 0 Å². The van der Waals surface area contributed by atoms with Gasteiger partial charge in [-0.25, -0.2) is 0 Å². The minimum absolute atomic E-state index is 0.748. The molecule has 40 heavy (non-hydrogen) atoms. The standard InChI is InChI=1S/C34H28N4S2/c1-23-19-25(3)32-30(21-23)35-37(27-15-9-5-10-16-27)34(39-32)38(28-17-11-6-12-18-28)36-31-22-24(2)20-29(33(31)40-34)26-13-7-4-8-14-26/h4-22H,1-3H3/q+2/t34-/m0/s1. The van der Waals surface area contributed by atoms with Gasteiger partial charge in [-0.1, -0.05) is 78.9 Å². The fourth-order valence-electron chi connectivity index (χ4n) is 5.38. The average molecular weight is 557 g/mol. The molecule has 0 bridgehead atoms. The predicted octanol–water partition coefficient (Wildman–Crippen LogP) is 10.7. The Morgan fingerprint density at radius 1 is 0.550 bits per heavy atom. The minimum atomic E-state index is -0.748. The van der Waals surface area contributed by atoms with Gasteiger partial charge in [0, 0.05) is 43.9 Å². The highest BCUT2D eigenvalue weighted by atomic mass is 32.2. The highest BCUT2D eigenvalue weighted by molar-refractivity contribution is 8.17. The van der Waals surface area contributed by atoms with Crippen LogP contribution in [0.1, 0.15) is 16.7 Å². The molecule has 4 nitrogen and oxygen atoms in total. The third-order valence-electron chi connectivity index (χ3n) is 7.12. The Bertz CT molecular complexity index is 1820. The summed E-state index contributed by atoms with van der Waals surface area (Å²) in [5.74, 6) is 0. The molecule has 1 atom stereocenters. The first-order valence-corrected chi connectivity index (χ1v) is 15.0. The van der Waals surface area contributed by atoms with E-state index >= 15 is 0 Å². The van der Waals surface area contributed by atoms with Crippen LogP contribution in [0.2, 0.25) is 0 Å². The number of benzene rings is 5. The van der Waals surface area contributed by atoms with Crippen LogP contribution in [0.3, 0.4) is 0 Å². The molecule has 2 aliphatic heterocycles. The number of hydrogen-bond donors (Lipinski definition) is 0. The summed E-state index contributed by atoms with van der Waals surface area (Å²) >= 11 is 3.64. The summed E-state index contributed by atoms with van der Waals surface area (Å²) in [6.07, 6.45) is 0. The Labute approximate surface area is 243 Å². The van der Waals surface area contributed by atoms with Gasteiger partial charge in [0.2, 0.25) is 11.4 Å². The molecular weight excluding hydrogens is 529 g/mol. The van der Waals surface area contributed by atoms with Crippen molar-refractivity contribution in [2.24, 2.45) is 10.2 Å². The first-order valence-electron chi connectivity index (χ1n) is 13.3. The normalized spacial score (nSPS) is 17.6. The van der Waals surface area contributed by atoms with Crippen LogP contribution >= 0.6 is 23.5 Å². The van der Waals surface area contributed by atoms with Gasteiger partial charge in [0.25, 0.3) is 0 Å². The second kappa shape index (κ2) is 9.88. The molecule has 1 spiro atoms. The summed E-state index contributed by atoms with van der Waals surface area (Å²) in [5, 5.41) is 10.8. The molecule has 0 amide bonds. The third-order valence-corrected chi connectivity index (χ3v) is 10.2. The molecule has 7 rings (SSSR count). The summed E-state index contributed by atoms with van der Waals surface area (Å²) in [6, 6.07) is 40.5. The lowest BCUT2D eigenvalue weighted by Gasteiger charge is -2.29. The number of fused-ring (bicyclic) bond motifs is 2. The minimum Gasteiger partial charge on any atom is -0.0622 e. The summed E-state index contributed by atoms with van der Waals surface area (Å²) in [6.45, 7) is 6.47. The van der Waals surface area contributed by atoms with Gasteiger partial charge >= 0.3 is 4.33 Å². The molecule has 0 aliphatic carbocycles. The number of azo groups is 4. The van der Waals surface area contributed by atoms with Gasteiger partial charge in [0.05, 0.1) is 33.3 Å². The van der Waals surface area contributed by atoms with E-state index in [-0.39, 0.29) is 0 Å². The van der Waals surface area contributed by atoms with Crippen LogP contribution in [0.5, 0.6) is 0 Å². The van der Waals surface area contributed by atoms with Crippen molar-refractivity contribution in [3.8, 4) is 11.1 Å². The van der Waals surface area contributed by atoms with Crippen LogP contribution in [0.25, 0.3) is 11.1 Å². The molecular formula is C34H28N4S2+2. The molecule has 0 aromatic heterocycles. The lowest BCUT2D eigenvalue weighted by atomic mass is 10.0. The average Bonchev–Trinajstić information content (AvgIpc) is 2.98. The second-order valence-corrected chi connectivity index (χ2v) is 12.8. The lowest BCUT2D eigenvalue weighted by molar-refractivity contribution is -0.751. The fraction of sp³-hybridized carbons (Fsp3) is 0.118. The number of nitrogens with zero attached hydrogens (tertiary/aromatic N) is 4. The second-order valence-electron chi connectivity index (χ2n) is 10.2. The largest absolute Gasteiger partial charge is 0.516 e. The fourth-order valence-corrected chi connectivity index (χ4v) is 8.42. The zero-order chi connectivity index (χ0) is 27.3. The number of aryl methyl sites for hydroxylation is 3. The number of hydrogen-bond acceptors (Lipinski definition) is 4. The van der Waals surface area contributed by atoms with E-state index in [1.165, 1.54) is 32.7 Å². The van der Waals surface area contributed by atoms with Crippen molar-refractivity contribution < 1.29 is 9.39 Å². The molecule has 6 heteroatoms. The topological polar surface area (TPSA) is 30.7 Å². The molecule has 0 fully saturated rings. The van der Waals surface area contributed by atoms with Gasteiger partial charge in [-0.2, -0.15) is 0 Å². The van der Waals surface area contributed by atoms with Crippen molar-refractivity contribution in [3.63, 3.8) is 0 Å². The maximum Gasteiger partial charge on any atom is 0.516 e. The molecule has 0 saturated heterocycles. The predicted molar refractivity (Wildman–Crippen MR) is 164 cm³/mol. The summed E-state index contributed by atoms with van der Waals surface area (Å²) in [4.78, 5) is 2.33. The zero-order valence-electron chi connectivity index (χ0n) is 22.6. The van der Waals surface area contributed by atoms with E-state index < -0.39 is 4.33 Å². The quantitative estimate of drug-likeness (QED) is 0.207. The van der Waals surface area contributed by atoms with Crippen molar-refractivity contribution in [1.82, 2.24) is 0 Å². The van der Waals surface area contributed by atoms with Crippen molar-refractivity contribution in [1.29, 1.82) is 0 Å². The van der Waals surface area contributed by atoms with Crippen LogP contribution in [0.4, 0.5) is 22.7 Å². The molecule has 2 aliphatic rings. The van der Waals surface area contributed by atoms with Gasteiger partial charge in [0.15, 0.2) is 0 Å². The van der Waals surface area contributed by atoms with Crippen LogP contribution in [0.15, 0.2) is 135 Å². The Morgan fingerprint density at radius 3 is 1.60 bits per heavy atom. The Balaban J connectivity index is 1.56. The molecule has 194 valence electrons. The van der Waals surface area contributed by atoms with E-state index in [0.717, 1.165) is 27.6 Å². The van der Waals surface area contributed by atoms with Crippen molar-refractivity contribution in [2.45, 2.75) is 34.9 Å². The number of rotatable bonds is 3. The maximum atomic E-state index is 5.43. The van der Waals surface area contributed by atoms with Crippen LogP contribution in [-0.4, -0.2) is 13.7 Å². The van der Waals surface area contributed by atoms with Crippen molar-refractivity contribution in [3.05, 3.63) is 132 Å². The smallest absolute Gasteiger partial charge is 0.0622 e. The van der Waals surface area contributed by atoms with Gasteiger partial charge in [0.1, 0.15) is 11.4 Å². The Hall–Kier alpha value is -4.00. The molecule has 0 radical (unpaired) electrons. The first-order chi connectivity index (χ1) is 19.5. The SMILES string of the molecule is Cc1cc(C)c2c(c1)N=[N+](c1ccccc1)[C@]1(S2)Sc2c(cc(C)cc2-c2ccccc2)N=[N+]1c1ccccc1. The van der Waals surface area contributed by atoms with Crippen molar-refractivity contribution in [2.75, 3.05) is 0 Å². The molecule has 5 aromatic carbocycles. The van der Waals surface area contributed by atoms with Crippen molar-refractivity contribution >= 4 is 46.3 Å². The van der Waals surface area contributed by atoms with E-state index in [0.29, 0.717) is 0 Å². The highest BCUT2D eigenvalue weighted by Gasteiger charge is 2.65. The van der Waals surface area contributed by atoms with Gasteiger partial charge in [-0.05, 0) is 60.7 Å². The third kappa shape index (κ3) is 4.19. The highest BCUT2D eigenvalue weighted by Crippen LogP contribution is 2.61.